The number of ether oxygens (including phenoxy) is 1. The molecule has 2 heterocycles. The number of aromatic nitrogens is 4. The molecule has 5 rings (SSSR count). The number of thioether (sulfide) groups is 1. The Bertz CT molecular complexity index is 1560. The van der Waals surface area contributed by atoms with Crippen LogP contribution in [0.2, 0.25) is 15.1 Å². The maximum atomic E-state index is 12.8. The van der Waals surface area contributed by atoms with Gasteiger partial charge in [-0.1, -0.05) is 70.8 Å². The second-order valence-electron chi connectivity index (χ2n) is 8.16. The second-order valence-corrected chi connectivity index (χ2v) is 11.5. The third kappa shape index (κ3) is 7.12. The number of nitrogens with one attached hydrogen (secondary N) is 1. The molecule has 1 amide bonds. The molecule has 0 saturated heterocycles. The van der Waals surface area contributed by atoms with Crippen LogP contribution < -0.4 is 10.1 Å². The van der Waals surface area contributed by atoms with E-state index in [-0.39, 0.29) is 18.3 Å². The highest BCUT2D eigenvalue weighted by Crippen LogP contribution is 2.30. The molecule has 0 fully saturated rings. The Morgan fingerprint density at radius 3 is 2.44 bits per heavy atom. The van der Waals surface area contributed by atoms with E-state index in [1.165, 1.54) is 23.1 Å². The Balaban J connectivity index is 1.24. The quantitative estimate of drug-likeness (QED) is 0.163. The first-order valence-electron chi connectivity index (χ1n) is 11.6. The third-order valence-corrected chi connectivity index (χ3v) is 8.24. The summed E-state index contributed by atoms with van der Waals surface area (Å²) in [4.78, 5) is 18.0. The Morgan fingerprint density at radius 1 is 0.949 bits per heavy atom. The number of carbonyl (C=O) groups is 1. The highest BCUT2D eigenvalue weighted by Gasteiger charge is 2.17. The van der Waals surface area contributed by atoms with E-state index >= 15 is 0 Å². The van der Waals surface area contributed by atoms with Gasteiger partial charge < -0.3 is 10.1 Å². The van der Waals surface area contributed by atoms with Gasteiger partial charge in [0.05, 0.1) is 5.75 Å². The number of anilines is 1. The second kappa shape index (κ2) is 12.8. The molecular weight excluding hydrogens is 597 g/mol. The average Bonchev–Trinajstić information content (AvgIpc) is 3.56. The van der Waals surface area contributed by atoms with Crippen molar-refractivity contribution in [3.05, 3.63) is 110 Å². The van der Waals surface area contributed by atoms with E-state index in [9.17, 15) is 4.79 Å². The normalized spacial score (nSPS) is 10.9. The summed E-state index contributed by atoms with van der Waals surface area (Å²) in [5.41, 5.74) is 1.69. The lowest BCUT2D eigenvalue weighted by atomic mass is 10.1. The van der Waals surface area contributed by atoms with Crippen molar-refractivity contribution in [3.8, 4) is 11.4 Å². The van der Waals surface area contributed by atoms with E-state index in [4.69, 9.17) is 39.5 Å². The van der Waals surface area contributed by atoms with E-state index < -0.39 is 0 Å². The average molecular weight is 617 g/mol. The van der Waals surface area contributed by atoms with Gasteiger partial charge in [0.15, 0.2) is 16.1 Å². The molecule has 3 aromatic carbocycles. The van der Waals surface area contributed by atoms with Crippen LogP contribution in [-0.4, -0.2) is 31.4 Å². The minimum Gasteiger partial charge on any atom is -0.486 e. The summed E-state index contributed by atoms with van der Waals surface area (Å²) in [6.07, 6.45) is 2.24. The van der Waals surface area contributed by atoms with Crippen LogP contribution in [0.25, 0.3) is 5.69 Å². The van der Waals surface area contributed by atoms with Gasteiger partial charge in [-0.25, -0.2) is 4.98 Å². The fourth-order valence-corrected chi connectivity index (χ4v) is 5.88. The van der Waals surface area contributed by atoms with Crippen LogP contribution in [0.15, 0.2) is 84.1 Å². The Labute approximate surface area is 248 Å². The summed E-state index contributed by atoms with van der Waals surface area (Å²) >= 11 is 21.2. The molecule has 0 aliphatic heterocycles. The van der Waals surface area contributed by atoms with Crippen LogP contribution in [-0.2, 0) is 17.8 Å². The molecule has 2 aromatic heterocycles. The van der Waals surface area contributed by atoms with Gasteiger partial charge >= 0.3 is 0 Å². The van der Waals surface area contributed by atoms with Crippen LogP contribution in [0.5, 0.6) is 5.75 Å². The molecule has 0 bridgehead atoms. The highest BCUT2D eigenvalue weighted by molar-refractivity contribution is 7.99. The summed E-state index contributed by atoms with van der Waals surface area (Å²) in [5, 5.41) is 14.4. The fraction of sp³-hybridized carbons (Fsp3) is 0.111. The molecule has 0 aliphatic rings. The standard InChI is InChI=1S/C27H20Cl3N5O2S2/c28-17-9-11-19(12-10-17)37-15-24-33-34-27(35(24)18-5-2-1-3-6-18)38-16-25(36)32-26-31-14-20(39-26)13-21-22(29)7-4-8-23(21)30/h1-12,14H,13,15-16H2,(H,31,32,36). The number of carbonyl (C=O) groups excluding carboxylic acids is 1. The van der Waals surface area contributed by atoms with Crippen LogP contribution in [0.3, 0.4) is 0 Å². The summed E-state index contributed by atoms with van der Waals surface area (Å²) in [6, 6.07) is 22.2. The van der Waals surface area contributed by atoms with Gasteiger partial charge in [-0.2, -0.15) is 0 Å². The lowest BCUT2D eigenvalue weighted by Crippen LogP contribution is -2.14. The van der Waals surface area contributed by atoms with E-state index in [1.54, 1.807) is 48.7 Å². The van der Waals surface area contributed by atoms with Crippen molar-refractivity contribution < 1.29 is 9.53 Å². The molecule has 0 atom stereocenters. The van der Waals surface area contributed by atoms with E-state index in [0.717, 1.165) is 16.1 Å². The molecular formula is C27H20Cl3N5O2S2. The molecule has 12 heteroatoms. The van der Waals surface area contributed by atoms with Gasteiger partial charge in [-0.05, 0) is 54.1 Å². The Morgan fingerprint density at radius 2 is 1.69 bits per heavy atom. The molecule has 198 valence electrons. The summed E-state index contributed by atoms with van der Waals surface area (Å²) in [7, 11) is 0. The monoisotopic (exact) mass is 615 g/mol. The summed E-state index contributed by atoms with van der Waals surface area (Å²) in [5.74, 6) is 1.17. The van der Waals surface area contributed by atoms with Gasteiger partial charge in [0, 0.05) is 38.3 Å². The Hall–Kier alpha value is -3.08. The maximum Gasteiger partial charge on any atom is 0.236 e. The maximum absolute atomic E-state index is 12.8. The molecule has 7 nitrogen and oxygen atoms in total. The van der Waals surface area contributed by atoms with Crippen molar-refractivity contribution in [3.63, 3.8) is 0 Å². The number of halogens is 3. The van der Waals surface area contributed by atoms with Gasteiger partial charge in [0.1, 0.15) is 12.4 Å². The van der Waals surface area contributed by atoms with Gasteiger partial charge in [-0.3, -0.25) is 9.36 Å². The number of para-hydroxylation sites is 1. The van der Waals surface area contributed by atoms with Crippen molar-refractivity contribution in [1.29, 1.82) is 0 Å². The molecule has 0 spiro atoms. The number of nitrogens with zero attached hydrogens (tertiary/aromatic N) is 4. The van der Waals surface area contributed by atoms with Gasteiger partial charge in [0.25, 0.3) is 0 Å². The number of thiazole rings is 1. The van der Waals surface area contributed by atoms with Crippen molar-refractivity contribution >= 4 is 68.9 Å². The number of hydrogen-bond acceptors (Lipinski definition) is 7. The fourth-order valence-electron chi connectivity index (χ4n) is 3.61. The van der Waals surface area contributed by atoms with Crippen LogP contribution in [0.4, 0.5) is 5.13 Å². The molecule has 39 heavy (non-hydrogen) atoms. The number of rotatable bonds is 10. The molecule has 0 unspecified atom stereocenters. The largest absolute Gasteiger partial charge is 0.486 e. The zero-order valence-corrected chi connectivity index (χ0v) is 24.1. The predicted octanol–water partition coefficient (Wildman–Crippen LogP) is 7.58. The number of hydrogen-bond donors (Lipinski definition) is 1. The SMILES string of the molecule is O=C(CSc1nnc(COc2ccc(Cl)cc2)n1-c1ccccc1)Nc1ncc(Cc2c(Cl)cccc2Cl)s1. The predicted molar refractivity (Wildman–Crippen MR) is 158 cm³/mol. The topological polar surface area (TPSA) is 81.9 Å². The van der Waals surface area contributed by atoms with Crippen molar-refractivity contribution in [1.82, 2.24) is 19.7 Å². The van der Waals surface area contributed by atoms with E-state index in [1.807, 2.05) is 34.9 Å². The van der Waals surface area contributed by atoms with Crippen molar-refractivity contribution in [2.45, 2.75) is 18.2 Å². The first-order chi connectivity index (χ1) is 19.0. The first kappa shape index (κ1) is 27.5. The third-order valence-electron chi connectivity index (χ3n) is 5.44. The summed E-state index contributed by atoms with van der Waals surface area (Å²) < 4.78 is 7.77. The zero-order chi connectivity index (χ0) is 27.2. The highest BCUT2D eigenvalue weighted by atomic mass is 35.5. The van der Waals surface area contributed by atoms with E-state index in [2.05, 4.69) is 20.5 Å². The van der Waals surface area contributed by atoms with E-state index in [0.29, 0.717) is 43.4 Å². The lowest BCUT2D eigenvalue weighted by Gasteiger charge is -2.11. The number of benzene rings is 3. The smallest absolute Gasteiger partial charge is 0.236 e. The summed E-state index contributed by atoms with van der Waals surface area (Å²) in [6.45, 7) is 0.188. The molecule has 5 aromatic rings. The lowest BCUT2D eigenvalue weighted by molar-refractivity contribution is -0.113. The minimum atomic E-state index is -0.210. The molecule has 1 N–H and O–H groups in total. The molecule has 0 radical (unpaired) electrons. The van der Waals surface area contributed by atoms with Crippen LogP contribution in [0.1, 0.15) is 16.3 Å². The minimum absolute atomic E-state index is 0.119. The molecule has 0 aliphatic carbocycles. The van der Waals surface area contributed by atoms with Crippen LogP contribution in [0, 0.1) is 0 Å². The number of amides is 1. The van der Waals surface area contributed by atoms with Crippen molar-refractivity contribution in [2.75, 3.05) is 11.1 Å². The molecule has 0 saturated carbocycles. The Kier molecular flexibility index (Phi) is 9.06. The van der Waals surface area contributed by atoms with Gasteiger partial charge in [0.2, 0.25) is 5.91 Å². The van der Waals surface area contributed by atoms with Crippen LogP contribution >= 0.6 is 57.9 Å². The van der Waals surface area contributed by atoms with Gasteiger partial charge in [-0.15, -0.1) is 21.5 Å². The first-order valence-corrected chi connectivity index (χ1v) is 14.6. The van der Waals surface area contributed by atoms with Crippen molar-refractivity contribution in [2.24, 2.45) is 0 Å². The zero-order valence-electron chi connectivity index (χ0n) is 20.2.